The molecule has 1 atom stereocenters. The average molecular weight is 310 g/mol. The van der Waals surface area contributed by atoms with Crippen LogP contribution in [0.4, 0.5) is 10.5 Å². The van der Waals surface area contributed by atoms with Gasteiger partial charge in [-0.1, -0.05) is 11.6 Å². The highest BCUT2D eigenvalue weighted by Crippen LogP contribution is 2.19. The van der Waals surface area contributed by atoms with E-state index in [1.165, 1.54) is 0 Å². The van der Waals surface area contributed by atoms with Gasteiger partial charge < -0.3 is 5.32 Å². The second-order valence-electron chi connectivity index (χ2n) is 3.52. The summed E-state index contributed by atoms with van der Waals surface area (Å²) in [6.07, 6.45) is 0. The number of hydrogen-bond acceptors (Lipinski definition) is 2. The quantitative estimate of drug-likeness (QED) is 0.843. The molecule has 0 aliphatic carbocycles. The van der Waals surface area contributed by atoms with Gasteiger partial charge in [0, 0.05) is 16.6 Å². The number of urea groups is 1. The highest BCUT2D eigenvalue weighted by Gasteiger charge is 2.16. The molecule has 1 aromatic rings. The Morgan fingerprint density at radius 3 is 2.61 bits per heavy atom. The second-order valence-corrected chi connectivity index (χ2v) is 4.80. The molecule has 7 heteroatoms. The minimum absolute atomic E-state index is 0.0688. The van der Waals surface area contributed by atoms with Crippen molar-refractivity contribution in [3.8, 4) is 0 Å². The molecule has 0 fully saturated rings. The lowest BCUT2D eigenvalue weighted by molar-refractivity contribution is -0.119. The van der Waals surface area contributed by atoms with Gasteiger partial charge in [0.1, 0.15) is 5.38 Å². The molecular weight excluding hydrogens is 298 g/mol. The predicted molar refractivity (Wildman–Crippen MR) is 73.7 cm³/mol. The fraction of sp³-hybridized carbons (Fsp3) is 0.273. The molecule has 2 N–H and O–H groups in total. The van der Waals surface area contributed by atoms with Crippen LogP contribution in [0, 0.1) is 6.92 Å². The van der Waals surface area contributed by atoms with Crippen LogP contribution in [0.1, 0.15) is 5.56 Å². The lowest BCUT2D eigenvalue weighted by Crippen LogP contribution is -2.39. The molecule has 1 aromatic carbocycles. The van der Waals surface area contributed by atoms with E-state index in [9.17, 15) is 9.59 Å². The standard InChI is InChI=1S/C11H11Cl3N2O2/c1-6-4-7(13)2-3-9(6)15-11(18)16-10(17)8(14)5-12/h2-4,8H,5H2,1H3,(H2,15,16,17,18). The predicted octanol–water partition coefficient (Wildman–Crippen LogP) is 3.14. The maximum absolute atomic E-state index is 11.5. The SMILES string of the molecule is Cc1cc(Cl)ccc1NC(=O)NC(=O)C(Cl)CCl. The van der Waals surface area contributed by atoms with Crippen molar-refractivity contribution >= 4 is 52.4 Å². The van der Waals surface area contributed by atoms with Gasteiger partial charge in [-0.05, 0) is 30.7 Å². The molecule has 0 saturated heterocycles. The highest BCUT2D eigenvalue weighted by atomic mass is 35.5. The number of alkyl halides is 2. The van der Waals surface area contributed by atoms with E-state index in [2.05, 4.69) is 10.6 Å². The van der Waals surface area contributed by atoms with Crippen molar-refractivity contribution < 1.29 is 9.59 Å². The van der Waals surface area contributed by atoms with Gasteiger partial charge in [-0.3, -0.25) is 10.1 Å². The van der Waals surface area contributed by atoms with Crippen molar-refractivity contribution in [2.24, 2.45) is 0 Å². The first-order valence-corrected chi connectivity index (χ1v) is 6.37. The molecule has 0 radical (unpaired) electrons. The molecule has 1 rings (SSSR count). The van der Waals surface area contributed by atoms with E-state index in [1.54, 1.807) is 25.1 Å². The van der Waals surface area contributed by atoms with Gasteiger partial charge in [-0.2, -0.15) is 0 Å². The number of imide groups is 1. The van der Waals surface area contributed by atoms with E-state index in [4.69, 9.17) is 34.8 Å². The zero-order valence-corrected chi connectivity index (χ0v) is 11.7. The van der Waals surface area contributed by atoms with Gasteiger partial charge in [-0.25, -0.2) is 4.79 Å². The molecule has 1 unspecified atom stereocenters. The third kappa shape index (κ3) is 4.37. The van der Waals surface area contributed by atoms with Crippen LogP contribution >= 0.6 is 34.8 Å². The molecule has 0 saturated carbocycles. The molecule has 0 heterocycles. The van der Waals surface area contributed by atoms with Crippen LogP contribution in [0.25, 0.3) is 0 Å². The van der Waals surface area contributed by atoms with Gasteiger partial charge in [0.15, 0.2) is 0 Å². The number of anilines is 1. The molecule has 4 nitrogen and oxygen atoms in total. The Hall–Kier alpha value is -0.970. The number of aryl methyl sites for hydroxylation is 1. The van der Waals surface area contributed by atoms with E-state index in [1.807, 2.05) is 0 Å². The third-order valence-corrected chi connectivity index (χ3v) is 3.15. The number of amides is 3. The van der Waals surface area contributed by atoms with Gasteiger partial charge in [0.05, 0.1) is 0 Å². The van der Waals surface area contributed by atoms with Crippen LogP contribution < -0.4 is 10.6 Å². The molecule has 3 amide bonds. The Bertz CT molecular complexity index is 466. The number of carbonyl (C=O) groups is 2. The Morgan fingerprint density at radius 2 is 2.06 bits per heavy atom. The van der Waals surface area contributed by atoms with Crippen molar-refractivity contribution in [2.75, 3.05) is 11.2 Å². The zero-order valence-electron chi connectivity index (χ0n) is 9.47. The first kappa shape index (κ1) is 15.1. The molecule has 0 aliphatic heterocycles. The number of hydrogen-bond donors (Lipinski definition) is 2. The van der Waals surface area contributed by atoms with Crippen molar-refractivity contribution in [1.82, 2.24) is 5.32 Å². The number of benzene rings is 1. The maximum Gasteiger partial charge on any atom is 0.325 e. The molecule has 0 bridgehead atoms. The van der Waals surface area contributed by atoms with Crippen LogP contribution in [0.2, 0.25) is 5.02 Å². The van der Waals surface area contributed by atoms with Crippen molar-refractivity contribution in [1.29, 1.82) is 0 Å². The Morgan fingerprint density at radius 1 is 1.39 bits per heavy atom. The molecule has 98 valence electrons. The summed E-state index contributed by atoms with van der Waals surface area (Å²) < 4.78 is 0. The Labute approximate surface area is 120 Å². The van der Waals surface area contributed by atoms with Gasteiger partial charge in [0.2, 0.25) is 5.91 Å². The lowest BCUT2D eigenvalue weighted by Gasteiger charge is -2.10. The summed E-state index contributed by atoms with van der Waals surface area (Å²) in [5, 5.41) is 4.22. The summed E-state index contributed by atoms with van der Waals surface area (Å²) in [5.74, 6) is -0.712. The minimum Gasteiger partial charge on any atom is -0.307 e. The zero-order chi connectivity index (χ0) is 13.7. The number of nitrogens with one attached hydrogen (secondary N) is 2. The lowest BCUT2D eigenvalue weighted by atomic mass is 10.2. The Balaban J connectivity index is 2.62. The van der Waals surface area contributed by atoms with Crippen LogP contribution in [0.15, 0.2) is 18.2 Å². The molecule has 0 spiro atoms. The highest BCUT2D eigenvalue weighted by molar-refractivity contribution is 6.37. The molecular formula is C11H11Cl3N2O2. The van der Waals surface area contributed by atoms with Gasteiger partial charge >= 0.3 is 6.03 Å². The van der Waals surface area contributed by atoms with Crippen LogP contribution in [-0.4, -0.2) is 23.2 Å². The topological polar surface area (TPSA) is 58.2 Å². The molecule has 0 aromatic heterocycles. The summed E-state index contributed by atoms with van der Waals surface area (Å²) in [6, 6.07) is 4.31. The van der Waals surface area contributed by atoms with Gasteiger partial charge in [0.25, 0.3) is 0 Å². The number of halogens is 3. The van der Waals surface area contributed by atoms with Crippen molar-refractivity contribution in [3.05, 3.63) is 28.8 Å². The summed E-state index contributed by atoms with van der Waals surface area (Å²) >= 11 is 16.8. The van der Waals surface area contributed by atoms with Crippen LogP contribution in [0.5, 0.6) is 0 Å². The van der Waals surface area contributed by atoms with Crippen LogP contribution in [-0.2, 0) is 4.79 Å². The Kier molecular flexibility index (Phi) is 5.72. The van der Waals surface area contributed by atoms with E-state index in [0.29, 0.717) is 10.7 Å². The van der Waals surface area contributed by atoms with Crippen molar-refractivity contribution in [2.45, 2.75) is 12.3 Å². The van der Waals surface area contributed by atoms with Gasteiger partial charge in [-0.15, -0.1) is 23.2 Å². The fourth-order valence-electron chi connectivity index (χ4n) is 1.18. The van der Waals surface area contributed by atoms with E-state index >= 15 is 0 Å². The monoisotopic (exact) mass is 308 g/mol. The van der Waals surface area contributed by atoms with E-state index < -0.39 is 17.3 Å². The minimum atomic E-state index is -0.941. The van der Waals surface area contributed by atoms with E-state index in [-0.39, 0.29) is 5.88 Å². The van der Waals surface area contributed by atoms with Crippen molar-refractivity contribution in [3.63, 3.8) is 0 Å². The smallest absolute Gasteiger partial charge is 0.307 e. The fourth-order valence-corrected chi connectivity index (χ4v) is 1.60. The molecule has 18 heavy (non-hydrogen) atoms. The summed E-state index contributed by atoms with van der Waals surface area (Å²) in [4.78, 5) is 22.8. The van der Waals surface area contributed by atoms with E-state index in [0.717, 1.165) is 5.56 Å². The second kappa shape index (κ2) is 6.83. The molecule has 0 aliphatic rings. The van der Waals surface area contributed by atoms with Crippen LogP contribution in [0.3, 0.4) is 0 Å². The maximum atomic E-state index is 11.5. The first-order chi connectivity index (χ1) is 8.43. The number of rotatable bonds is 3. The normalized spacial score (nSPS) is 11.8. The largest absolute Gasteiger partial charge is 0.325 e. The summed E-state index contributed by atoms with van der Waals surface area (Å²) in [7, 11) is 0. The first-order valence-electron chi connectivity index (χ1n) is 5.02. The summed E-state index contributed by atoms with van der Waals surface area (Å²) in [5.41, 5.74) is 1.34. The number of carbonyl (C=O) groups excluding carboxylic acids is 2. The average Bonchev–Trinajstić information content (AvgIpc) is 2.31. The summed E-state index contributed by atoms with van der Waals surface area (Å²) in [6.45, 7) is 1.78. The third-order valence-electron chi connectivity index (χ3n) is 2.09.